The molecule has 0 spiro atoms. The van der Waals surface area contributed by atoms with Gasteiger partial charge >= 0.3 is 0 Å². The molecule has 0 amide bonds. The van der Waals surface area contributed by atoms with Gasteiger partial charge in [0.25, 0.3) is 0 Å². The molecule has 1 aromatic carbocycles. The Labute approximate surface area is 163 Å². The Bertz CT molecular complexity index is 634. The number of ether oxygens (including phenoxy) is 1. The van der Waals surface area contributed by atoms with Gasteiger partial charge in [-0.3, -0.25) is 0 Å². The molecule has 3 heteroatoms. The van der Waals surface area contributed by atoms with Gasteiger partial charge in [-0.2, -0.15) is 4.39 Å². The van der Waals surface area contributed by atoms with Crippen molar-refractivity contribution in [2.75, 3.05) is 6.61 Å². The topological polar surface area (TPSA) is 9.23 Å². The number of hydrogen-bond acceptors (Lipinski definition) is 1. The minimum atomic E-state index is -0.850. The maximum atomic E-state index is 14.6. The second-order valence-corrected chi connectivity index (χ2v) is 7.52. The van der Waals surface area contributed by atoms with Crippen LogP contribution in [0, 0.1) is 17.6 Å². The van der Waals surface area contributed by atoms with Gasteiger partial charge in [0, 0.05) is 5.56 Å². The molecule has 0 radical (unpaired) electrons. The molecule has 1 unspecified atom stereocenters. The van der Waals surface area contributed by atoms with Gasteiger partial charge in [-0.15, -0.1) is 0 Å². The van der Waals surface area contributed by atoms with Crippen molar-refractivity contribution in [2.45, 2.75) is 78.1 Å². The van der Waals surface area contributed by atoms with Crippen LogP contribution in [0.1, 0.15) is 83.6 Å². The molecule has 0 heterocycles. The molecule has 0 saturated carbocycles. The van der Waals surface area contributed by atoms with Gasteiger partial charge in [-0.25, -0.2) is 4.39 Å². The van der Waals surface area contributed by atoms with Gasteiger partial charge in [0.2, 0.25) is 5.82 Å². The summed E-state index contributed by atoms with van der Waals surface area (Å²) in [5.74, 6) is -0.935. The molecular weight excluding hydrogens is 342 g/mol. The van der Waals surface area contributed by atoms with E-state index in [9.17, 15) is 8.78 Å². The molecule has 2 rings (SSSR count). The van der Waals surface area contributed by atoms with Crippen molar-refractivity contribution in [3.8, 4) is 5.75 Å². The van der Waals surface area contributed by atoms with Gasteiger partial charge in [0.15, 0.2) is 11.6 Å². The molecule has 1 nitrogen and oxygen atoms in total. The molecule has 150 valence electrons. The predicted octanol–water partition coefficient (Wildman–Crippen LogP) is 7.85. The SMILES string of the molecule is C/C=C/CCC1CC=C(c2ccc(OCCCCCCC)c(F)c2F)CC1. The molecule has 0 fully saturated rings. The average molecular weight is 377 g/mol. The van der Waals surface area contributed by atoms with E-state index in [4.69, 9.17) is 4.74 Å². The van der Waals surface area contributed by atoms with E-state index in [2.05, 4.69) is 25.2 Å². The van der Waals surface area contributed by atoms with Crippen LogP contribution in [0.3, 0.4) is 0 Å². The van der Waals surface area contributed by atoms with Crippen LogP contribution in [0.15, 0.2) is 30.4 Å². The van der Waals surface area contributed by atoms with Gasteiger partial charge in [-0.05, 0) is 69.1 Å². The summed E-state index contributed by atoms with van der Waals surface area (Å²) in [4.78, 5) is 0. The third-order valence-electron chi connectivity index (χ3n) is 5.40. The van der Waals surface area contributed by atoms with E-state index in [1.54, 1.807) is 12.1 Å². The Balaban J connectivity index is 1.90. The van der Waals surface area contributed by atoms with E-state index in [0.29, 0.717) is 18.1 Å². The highest BCUT2D eigenvalue weighted by molar-refractivity contribution is 5.67. The summed E-state index contributed by atoms with van der Waals surface area (Å²) in [5, 5.41) is 0. The van der Waals surface area contributed by atoms with Crippen molar-refractivity contribution in [3.05, 3.63) is 47.6 Å². The molecule has 1 aromatic rings. The fourth-order valence-electron chi connectivity index (χ4n) is 3.67. The molecule has 0 N–H and O–H groups in total. The third-order valence-corrected chi connectivity index (χ3v) is 5.40. The average Bonchev–Trinajstić information content (AvgIpc) is 2.69. The summed E-state index contributed by atoms with van der Waals surface area (Å²) >= 11 is 0. The largest absolute Gasteiger partial charge is 0.490 e. The van der Waals surface area contributed by atoms with Crippen LogP contribution in [-0.2, 0) is 0 Å². The molecule has 1 aliphatic rings. The van der Waals surface area contributed by atoms with E-state index >= 15 is 0 Å². The van der Waals surface area contributed by atoms with Gasteiger partial charge in [-0.1, -0.05) is 50.8 Å². The smallest absolute Gasteiger partial charge is 0.201 e. The summed E-state index contributed by atoms with van der Waals surface area (Å²) in [7, 11) is 0. The summed E-state index contributed by atoms with van der Waals surface area (Å²) < 4.78 is 34.4. The van der Waals surface area contributed by atoms with Crippen molar-refractivity contribution in [1.82, 2.24) is 0 Å². The first kappa shape index (κ1) is 21.7. The third kappa shape index (κ3) is 6.79. The Kier molecular flexibility index (Phi) is 9.58. The summed E-state index contributed by atoms with van der Waals surface area (Å²) in [6, 6.07) is 3.26. The molecular formula is C24H34F2O. The number of hydrogen-bond donors (Lipinski definition) is 0. The van der Waals surface area contributed by atoms with Gasteiger partial charge in [0.1, 0.15) is 0 Å². The lowest BCUT2D eigenvalue weighted by atomic mass is 9.84. The van der Waals surface area contributed by atoms with Crippen LogP contribution >= 0.6 is 0 Å². The Morgan fingerprint density at radius 2 is 1.93 bits per heavy atom. The van der Waals surface area contributed by atoms with Crippen molar-refractivity contribution in [3.63, 3.8) is 0 Å². The maximum Gasteiger partial charge on any atom is 0.201 e. The maximum absolute atomic E-state index is 14.6. The molecule has 0 aromatic heterocycles. The molecule has 0 bridgehead atoms. The zero-order valence-electron chi connectivity index (χ0n) is 16.9. The zero-order chi connectivity index (χ0) is 19.5. The number of allylic oxidation sites excluding steroid dienone is 4. The highest BCUT2D eigenvalue weighted by Crippen LogP contribution is 2.35. The van der Waals surface area contributed by atoms with Crippen LogP contribution in [0.2, 0.25) is 0 Å². The fraction of sp³-hybridized carbons (Fsp3) is 0.583. The van der Waals surface area contributed by atoms with Crippen molar-refractivity contribution < 1.29 is 13.5 Å². The fourth-order valence-corrected chi connectivity index (χ4v) is 3.67. The van der Waals surface area contributed by atoms with E-state index in [1.165, 1.54) is 19.3 Å². The van der Waals surface area contributed by atoms with E-state index in [1.807, 2.05) is 6.92 Å². The highest BCUT2D eigenvalue weighted by Gasteiger charge is 2.20. The first-order chi connectivity index (χ1) is 13.2. The second-order valence-electron chi connectivity index (χ2n) is 7.52. The van der Waals surface area contributed by atoms with Crippen LogP contribution in [0.25, 0.3) is 5.57 Å². The highest BCUT2D eigenvalue weighted by atomic mass is 19.2. The predicted molar refractivity (Wildman–Crippen MR) is 110 cm³/mol. The standard InChI is InChI=1S/C24H34F2O/c1-3-5-7-8-10-18-27-22-17-16-21(23(25)24(22)26)20-14-12-19(13-15-20)11-9-6-4-2/h4,6,14,16-17,19H,3,5,7-13,15,18H2,1-2H3/b6-4+. The first-order valence-corrected chi connectivity index (χ1v) is 10.6. The lowest BCUT2D eigenvalue weighted by Crippen LogP contribution is -2.07. The number of halogens is 2. The second kappa shape index (κ2) is 11.9. The van der Waals surface area contributed by atoms with Crippen LogP contribution in [0.4, 0.5) is 8.78 Å². The number of unbranched alkanes of at least 4 members (excludes halogenated alkanes) is 4. The normalized spacial score (nSPS) is 17.3. The summed E-state index contributed by atoms with van der Waals surface area (Å²) in [5.41, 5.74) is 1.33. The summed E-state index contributed by atoms with van der Waals surface area (Å²) in [6.07, 6.45) is 16.9. The molecule has 1 atom stereocenters. The monoisotopic (exact) mass is 376 g/mol. The van der Waals surface area contributed by atoms with Crippen molar-refractivity contribution in [1.29, 1.82) is 0 Å². The lowest BCUT2D eigenvalue weighted by molar-refractivity contribution is 0.284. The Morgan fingerprint density at radius 3 is 2.63 bits per heavy atom. The number of benzene rings is 1. The Hall–Kier alpha value is -1.64. The van der Waals surface area contributed by atoms with E-state index in [-0.39, 0.29) is 5.75 Å². The lowest BCUT2D eigenvalue weighted by Gasteiger charge is -2.22. The van der Waals surface area contributed by atoms with Crippen LogP contribution in [0.5, 0.6) is 5.75 Å². The van der Waals surface area contributed by atoms with Gasteiger partial charge in [0.05, 0.1) is 6.61 Å². The van der Waals surface area contributed by atoms with Crippen LogP contribution in [-0.4, -0.2) is 6.61 Å². The van der Waals surface area contributed by atoms with Crippen molar-refractivity contribution >= 4 is 5.57 Å². The molecule has 0 aliphatic heterocycles. The number of rotatable bonds is 11. The molecule has 1 aliphatic carbocycles. The molecule has 27 heavy (non-hydrogen) atoms. The summed E-state index contributed by atoms with van der Waals surface area (Å²) in [6.45, 7) is 4.65. The van der Waals surface area contributed by atoms with Crippen molar-refractivity contribution in [2.24, 2.45) is 5.92 Å². The van der Waals surface area contributed by atoms with Crippen LogP contribution < -0.4 is 4.74 Å². The Morgan fingerprint density at radius 1 is 1.11 bits per heavy atom. The minimum absolute atomic E-state index is 0.0346. The zero-order valence-corrected chi connectivity index (χ0v) is 16.9. The van der Waals surface area contributed by atoms with Gasteiger partial charge < -0.3 is 4.74 Å². The van der Waals surface area contributed by atoms with E-state index in [0.717, 1.165) is 50.5 Å². The molecule has 0 saturated heterocycles. The van der Waals surface area contributed by atoms with E-state index < -0.39 is 11.6 Å². The minimum Gasteiger partial charge on any atom is -0.490 e. The first-order valence-electron chi connectivity index (χ1n) is 10.6. The quantitative estimate of drug-likeness (QED) is 0.282.